The van der Waals surface area contributed by atoms with Crippen LogP contribution in [0.3, 0.4) is 0 Å². The molecule has 1 heterocycles. The van der Waals surface area contributed by atoms with E-state index in [1.807, 2.05) is 6.07 Å². The Kier molecular flexibility index (Phi) is 12.9. The lowest BCUT2D eigenvalue weighted by Gasteiger charge is -2.36. The first-order valence-corrected chi connectivity index (χ1v) is 9.36. The number of rotatable bonds is 8. The summed E-state index contributed by atoms with van der Waals surface area (Å²) < 4.78 is 12.0. The predicted molar refractivity (Wildman–Crippen MR) is 113 cm³/mol. The van der Waals surface area contributed by atoms with Crippen LogP contribution in [0.2, 0.25) is 0 Å². The molecule has 2 rings (SSSR count). The Morgan fingerprint density at radius 3 is 2.24 bits per heavy atom. The van der Waals surface area contributed by atoms with Gasteiger partial charge in [0.2, 0.25) is 0 Å². The molecule has 1 aromatic rings. The fraction of sp³-hybridized carbons (Fsp3) is 0.667. The molecule has 1 saturated heterocycles. The van der Waals surface area contributed by atoms with Crippen LogP contribution in [0.4, 0.5) is 0 Å². The Morgan fingerprint density at radius 2 is 1.68 bits per heavy atom. The van der Waals surface area contributed by atoms with Crippen LogP contribution in [0.15, 0.2) is 16.6 Å². The van der Waals surface area contributed by atoms with Crippen LogP contribution in [0.1, 0.15) is 44.2 Å². The highest BCUT2D eigenvalue weighted by Gasteiger charge is 2.25. The summed E-state index contributed by atoms with van der Waals surface area (Å²) in [5.74, 6) is 1.58. The van der Waals surface area contributed by atoms with Gasteiger partial charge in [-0.15, -0.1) is 24.8 Å². The van der Waals surface area contributed by atoms with Crippen molar-refractivity contribution in [3.05, 3.63) is 22.2 Å². The van der Waals surface area contributed by atoms with Gasteiger partial charge in [0.1, 0.15) is 0 Å². The average Bonchev–Trinajstić information content (AvgIpc) is 2.60. The SMILES string of the molecule is CCCCC[C@@H](c1cc(OC)c(OC)cc1Br)N1CCNCC1.Cl.Cl. The minimum Gasteiger partial charge on any atom is -0.493 e. The van der Waals surface area contributed by atoms with Crippen molar-refractivity contribution in [2.75, 3.05) is 40.4 Å². The van der Waals surface area contributed by atoms with Gasteiger partial charge >= 0.3 is 0 Å². The third-order valence-electron chi connectivity index (χ3n) is 4.54. The summed E-state index contributed by atoms with van der Waals surface area (Å²) in [6, 6.07) is 4.60. The molecular formula is C18H31BrCl2N2O2. The molecule has 1 N–H and O–H groups in total. The minimum absolute atomic E-state index is 0. The Bertz CT molecular complexity index is 500. The van der Waals surface area contributed by atoms with Crippen molar-refractivity contribution in [2.24, 2.45) is 0 Å². The zero-order valence-electron chi connectivity index (χ0n) is 15.3. The number of piperazine rings is 1. The Balaban J connectivity index is 0.00000288. The van der Waals surface area contributed by atoms with E-state index in [0.29, 0.717) is 6.04 Å². The van der Waals surface area contributed by atoms with E-state index in [-0.39, 0.29) is 24.8 Å². The molecule has 0 unspecified atom stereocenters. The summed E-state index contributed by atoms with van der Waals surface area (Å²) in [5.41, 5.74) is 1.31. The lowest BCUT2D eigenvalue weighted by molar-refractivity contribution is 0.162. The van der Waals surface area contributed by atoms with Crippen LogP contribution in [0, 0.1) is 0 Å². The van der Waals surface area contributed by atoms with Gasteiger partial charge < -0.3 is 14.8 Å². The molecule has 146 valence electrons. The van der Waals surface area contributed by atoms with Crippen LogP contribution >= 0.6 is 40.7 Å². The summed E-state index contributed by atoms with van der Waals surface area (Å²) in [4.78, 5) is 2.60. The minimum atomic E-state index is 0. The largest absolute Gasteiger partial charge is 0.493 e. The van der Waals surface area contributed by atoms with Crippen LogP contribution in [0.25, 0.3) is 0 Å². The second-order valence-electron chi connectivity index (χ2n) is 6.03. The number of nitrogens with one attached hydrogen (secondary N) is 1. The van der Waals surface area contributed by atoms with Crippen LogP contribution < -0.4 is 14.8 Å². The highest BCUT2D eigenvalue weighted by molar-refractivity contribution is 9.10. The lowest BCUT2D eigenvalue weighted by atomic mass is 9.97. The molecule has 0 amide bonds. The molecular weight excluding hydrogens is 427 g/mol. The fourth-order valence-corrected chi connectivity index (χ4v) is 3.83. The Hall–Kier alpha value is -0.200. The molecule has 1 fully saturated rings. The number of halogens is 3. The van der Waals surface area contributed by atoms with Gasteiger partial charge in [0.15, 0.2) is 11.5 Å². The van der Waals surface area contributed by atoms with Crippen molar-refractivity contribution < 1.29 is 9.47 Å². The average molecular weight is 458 g/mol. The summed E-state index contributed by atoms with van der Waals surface area (Å²) in [5, 5.41) is 3.45. The van der Waals surface area contributed by atoms with E-state index < -0.39 is 0 Å². The van der Waals surface area contributed by atoms with Gasteiger partial charge in [-0.25, -0.2) is 0 Å². The number of unbranched alkanes of at least 4 members (excludes halogenated alkanes) is 2. The standard InChI is InChI=1S/C18H29BrN2O2.2ClH/c1-4-5-6-7-16(21-10-8-20-9-11-21)14-12-17(22-2)18(23-3)13-15(14)19;;/h12-13,16,20H,4-11H2,1-3H3;2*1H/t16-;;/m0../s1. The third-order valence-corrected chi connectivity index (χ3v) is 5.22. The topological polar surface area (TPSA) is 33.7 Å². The number of ether oxygens (including phenoxy) is 2. The summed E-state index contributed by atoms with van der Waals surface area (Å²) in [6.07, 6.45) is 4.97. The molecule has 0 saturated carbocycles. The summed E-state index contributed by atoms with van der Waals surface area (Å²) in [7, 11) is 3.38. The van der Waals surface area contributed by atoms with Gasteiger partial charge in [0, 0.05) is 36.7 Å². The van der Waals surface area contributed by atoms with Crippen LogP contribution in [-0.2, 0) is 0 Å². The fourth-order valence-electron chi connectivity index (χ4n) is 3.24. The second kappa shape index (κ2) is 13.0. The highest BCUT2D eigenvalue weighted by atomic mass is 79.9. The Labute approximate surface area is 173 Å². The van der Waals surface area contributed by atoms with Gasteiger partial charge in [0.25, 0.3) is 0 Å². The van der Waals surface area contributed by atoms with Crippen LogP contribution in [-0.4, -0.2) is 45.3 Å². The molecule has 0 spiro atoms. The zero-order chi connectivity index (χ0) is 16.7. The number of nitrogens with zero attached hydrogens (tertiary/aromatic N) is 1. The predicted octanol–water partition coefficient (Wildman–Crippen LogP) is 4.84. The van der Waals surface area contributed by atoms with E-state index in [4.69, 9.17) is 9.47 Å². The second-order valence-corrected chi connectivity index (χ2v) is 6.88. The normalized spacial score (nSPS) is 15.7. The van der Waals surface area contributed by atoms with Crippen molar-refractivity contribution in [2.45, 2.75) is 38.6 Å². The van der Waals surface area contributed by atoms with Crippen LogP contribution in [0.5, 0.6) is 11.5 Å². The quantitative estimate of drug-likeness (QED) is 0.566. The molecule has 25 heavy (non-hydrogen) atoms. The number of methoxy groups -OCH3 is 2. The van der Waals surface area contributed by atoms with Crippen molar-refractivity contribution in [3.63, 3.8) is 0 Å². The van der Waals surface area contributed by atoms with Crippen molar-refractivity contribution in [1.29, 1.82) is 0 Å². The molecule has 7 heteroatoms. The first-order valence-electron chi connectivity index (χ1n) is 8.57. The molecule has 0 radical (unpaired) electrons. The van der Waals surface area contributed by atoms with E-state index in [1.165, 1.54) is 31.2 Å². The van der Waals surface area contributed by atoms with E-state index in [9.17, 15) is 0 Å². The first-order chi connectivity index (χ1) is 11.2. The molecule has 0 aromatic heterocycles. The maximum absolute atomic E-state index is 5.52. The Morgan fingerprint density at radius 1 is 1.08 bits per heavy atom. The van der Waals surface area contributed by atoms with Crippen molar-refractivity contribution >= 4 is 40.7 Å². The number of hydrogen-bond acceptors (Lipinski definition) is 4. The van der Waals surface area contributed by atoms with Gasteiger partial charge in [-0.3, -0.25) is 4.90 Å². The number of hydrogen-bond donors (Lipinski definition) is 1. The van der Waals surface area contributed by atoms with Gasteiger partial charge in [-0.05, 0) is 24.1 Å². The molecule has 1 aromatic carbocycles. The molecule has 4 nitrogen and oxygen atoms in total. The van der Waals surface area contributed by atoms with E-state index in [2.05, 4.69) is 39.1 Å². The smallest absolute Gasteiger partial charge is 0.161 e. The monoisotopic (exact) mass is 456 g/mol. The third kappa shape index (κ3) is 6.79. The van der Waals surface area contributed by atoms with E-state index in [1.54, 1.807) is 14.2 Å². The highest BCUT2D eigenvalue weighted by Crippen LogP contribution is 2.39. The molecule has 1 aliphatic heterocycles. The van der Waals surface area contributed by atoms with E-state index in [0.717, 1.165) is 42.2 Å². The van der Waals surface area contributed by atoms with E-state index >= 15 is 0 Å². The first kappa shape index (κ1) is 24.8. The molecule has 1 aliphatic rings. The maximum Gasteiger partial charge on any atom is 0.161 e. The molecule has 0 aliphatic carbocycles. The molecule has 0 bridgehead atoms. The lowest BCUT2D eigenvalue weighted by Crippen LogP contribution is -2.45. The van der Waals surface area contributed by atoms with Gasteiger partial charge in [0.05, 0.1) is 14.2 Å². The zero-order valence-corrected chi connectivity index (χ0v) is 18.6. The van der Waals surface area contributed by atoms with Gasteiger partial charge in [-0.1, -0.05) is 42.1 Å². The van der Waals surface area contributed by atoms with Gasteiger partial charge in [-0.2, -0.15) is 0 Å². The maximum atomic E-state index is 5.52. The van der Waals surface area contributed by atoms with Crippen molar-refractivity contribution in [3.8, 4) is 11.5 Å². The summed E-state index contributed by atoms with van der Waals surface area (Å²) in [6.45, 7) is 6.58. The number of benzene rings is 1. The summed E-state index contributed by atoms with van der Waals surface area (Å²) >= 11 is 3.75. The van der Waals surface area contributed by atoms with Crippen molar-refractivity contribution in [1.82, 2.24) is 10.2 Å². The molecule has 1 atom stereocenters.